The molecule has 18 heavy (non-hydrogen) atoms. The molecule has 0 bridgehead atoms. The van der Waals surface area contributed by atoms with Crippen LogP contribution in [0.1, 0.15) is 49.6 Å². The van der Waals surface area contributed by atoms with Gasteiger partial charge in [-0.15, -0.1) is 11.3 Å². The summed E-state index contributed by atoms with van der Waals surface area (Å²) in [6.07, 6.45) is 7.85. The second-order valence-electron chi connectivity index (χ2n) is 4.85. The largest absolute Gasteiger partial charge is 0.348 e. The van der Waals surface area contributed by atoms with Crippen LogP contribution in [0.25, 0.3) is 0 Å². The second kappa shape index (κ2) is 6.75. The van der Waals surface area contributed by atoms with E-state index in [9.17, 15) is 0 Å². The molecule has 1 fully saturated rings. The first-order chi connectivity index (χ1) is 8.85. The Kier molecular flexibility index (Phi) is 5.00. The molecule has 0 atom stereocenters. The predicted molar refractivity (Wildman–Crippen MR) is 76.1 cm³/mol. The van der Waals surface area contributed by atoms with Crippen molar-refractivity contribution in [2.45, 2.75) is 51.9 Å². The van der Waals surface area contributed by atoms with Crippen molar-refractivity contribution >= 4 is 16.5 Å². The van der Waals surface area contributed by atoms with E-state index in [1.807, 2.05) is 0 Å². The molecular weight excluding hydrogens is 242 g/mol. The van der Waals surface area contributed by atoms with E-state index >= 15 is 0 Å². The minimum absolute atomic E-state index is 0.515. The van der Waals surface area contributed by atoms with Crippen LogP contribution in [0.5, 0.6) is 0 Å². The van der Waals surface area contributed by atoms with Crippen LogP contribution >= 0.6 is 11.3 Å². The van der Waals surface area contributed by atoms with E-state index in [0.717, 1.165) is 36.8 Å². The van der Waals surface area contributed by atoms with Gasteiger partial charge in [0.05, 0.1) is 18.2 Å². The van der Waals surface area contributed by atoms with Crippen molar-refractivity contribution in [1.29, 1.82) is 5.26 Å². The van der Waals surface area contributed by atoms with Gasteiger partial charge in [0.1, 0.15) is 0 Å². The van der Waals surface area contributed by atoms with Crippen molar-refractivity contribution in [2.75, 3.05) is 18.0 Å². The number of nitriles is 1. The van der Waals surface area contributed by atoms with Crippen LogP contribution in [0.15, 0.2) is 0 Å². The van der Waals surface area contributed by atoms with Crippen LogP contribution in [0.2, 0.25) is 0 Å². The normalized spacial score (nSPS) is 16.3. The highest BCUT2D eigenvalue weighted by Gasteiger charge is 2.16. The van der Waals surface area contributed by atoms with E-state index in [1.165, 1.54) is 30.6 Å². The summed E-state index contributed by atoms with van der Waals surface area (Å²) in [7, 11) is 0. The summed E-state index contributed by atoms with van der Waals surface area (Å²) in [4.78, 5) is 8.37. The maximum absolute atomic E-state index is 8.89. The smallest absolute Gasteiger partial charge is 0.185 e. The highest BCUT2D eigenvalue weighted by atomic mass is 32.1. The minimum Gasteiger partial charge on any atom is -0.348 e. The Bertz CT molecular complexity index is 411. The summed E-state index contributed by atoms with van der Waals surface area (Å²) < 4.78 is 0. The van der Waals surface area contributed by atoms with Gasteiger partial charge >= 0.3 is 0 Å². The van der Waals surface area contributed by atoms with Gasteiger partial charge in [0.2, 0.25) is 0 Å². The summed E-state index contributed by atoms with van der Waals surface area (Å²) in [5, 5.41) is 10.0. The number of aromatic nitrogens is 1. The van der Waals surface area contributed by atoms with Gasteiger partial charge in [-0.3, -0.25) is 0 Å². The Balaban J connectivity index is 2.16. The van der Waals surface area contributed by atoms with Gasteiger partial charge in [-0.1, -0.05) is 26.2 Å². The monoisotopic (exact) mass is 263 g/mol. The minimum atomic E-state index is 0.515. The molecule has 0 aromatic carbocycles. The molecule has 1 aliphatic rings. The van der Waals surface area contributed by atoms with Crippen LogP contribution in [0.3, 0.4) is 0 Å². The van der Waals surface area contributed by atoms with Gasteiger partial charge < -0.3 is 4.90 Å². The molecule has 4 heteroatoms. The molecule has 2 heterocycles. The van der Waals surface area contributed by atoms with E-state index in [-0.39, 0.29) is 0 Å². The van der Waals surface area contributed by atoms with E-state index in [2.05, 4.69) is 17.9 Å². The molecule has 0 aliphatic carbocycles. The van der Waals surface area contributed by atoms with Gasteiger partial charge in [0, 0.05) is 18.0 Å². The van der Waals surface area contributed by atoms with Crippen LogP contribution < -0.4 is 4.90 Å². The van der Waals surface area contributed by atoms with Gasteiger partial charge in [-0.2, -0.15) is 5.26 Å². The van der Waals surface area contributed by atoms with E-state index in [4.69, 9.17) is 10.2 Å². The molecule has 3 nitrogen and oxygen atoms in total. The molecule has 0 unspecified atom stereocenters. The number of anilines is 1. The highest BCUT2D eigenvalue weighted by Crippen LogP contribution is 2.29. The summed E-state index contributed by atoms with van der Waals surface area (Å²) >= 11 is 1.73. The molecule has 0 radical (unpaired) electrons. The molecule has 1 aromatic heterocycles. The van der Waals surface area contributed by atoms with Gasteiger partial charge in [-0.25, -0.2) is 4.98 Å². The number of hydrogen-bond donors (Lipinski definition) is 0. The molecule has 0 amide bonds. The zero-order valence-corrected chi connectivity index (χ0v) is 11.9. The van der Waals surface area contributed by atoms with Crippen molar-refractivity contribution in [3.05, 3.63) is 10.6 Å². The van der Waals surface area contributed by atoms with Gasteiger partial charge in [-0.05, 0) is 19.3 Å². The summed E-state index contributed by atoms with van der Waals surface area (Å²) in [5.74, 6) is 0. The third kappa shape index (κ3) is 3.23. The molecule has 1 aliphatic heterocycles. The lowest BCUT2D eigenvalue weighted by molar-refractivity contribution is 0.726. The maximum Gasteiger partial charge on any atom is 0.185 e. The van der Waals surface area contributed by atoms with Crippen LogP contribution in [0.4, 0.5) is 5.13 Å². The lowest BCUT2D eigenvalue weighted by atomic mass is 10.2. The van der Waals surface area contributed by atoms with Crippen molar-refractivity contribution < 1.29 is 0 Å². The van der Waals surface area contributed by atoms with Crippen molar-refractivity contribution in [1.82, 2.24) is 4.98 Å². The molecule has 0 spiro atoms. The third-order valence-corrected chi connectivity index (χ3v) is 4.53. The molecule has 0 N–H and O–H groups in total. The topological polar surface area (TPSA) is 39.9 Å². The first-order valence-corrected chi connectivity index (χ1v) is 7.77. The zero-order valence-electron chi connectivity index (χ0n) is 11.1. The van der Waals surface area contributed by atoms with Crippen LogP contribution in [-0.4, -0.2) is 18.1 Å². The summed E-state index contributed by atoms with van der Waals surface area (Å²) in [6.45, 7) is 4.43. The highest BCUT2D eigenvalue weighted by molar-refractivity contribution is 7.15. The predicted octanol–water partition coefficient (Wildman–Crippen LogP) is 3.54. The Hall–Kier alpha value is -1.08. The molecule has 2 rings (SSSR count). The fraction of sp³-hybridized carbons (Fsp3) is 0.714. The Morgan fingerprint density at radius 1 is 1.28 bits per heavy atom. The standard InChI is InChI=1S/C14H21N3S/c1-2-7-12-13(8-9-15)18-14(16-12)17-10-5-3-4-6-11-17/h2-8,10-11H2,1H3. The summed E-state index contributed by atoms with van der Waals surface area (Å²) in [6, 6.07) is 2.26. The third-order valence-electron chi connectivity index (χ3n) is 3.37. The van der Waals surface area contributed by atoms with E-state index < -0.39 is 0 Å². The first kappa shape index (κ1) is 13.4. The number of thiazole rings is 1. The van der Waals surface area contributed by atoms with Crippen LogP contribution in [-0.2, 0) is 12.8 Å². The lowest BCUT2D eigenvalue weighted by Crippen LogP contribution is -2.23. The average Bonchev–Trinajstić information content (AvgIpc) is 2.62. The van der Waals surface area contributed by atoms with Gasteiger partial charge in [0.25, 0.3) is 0 Å². The molecule has 0 saturated carbocycles. The van der Waals surface area contributed by atoms with E-state index in [0.29, 0.717) is 6.42 Å². The fourth-order valence-electron chi connectivity index (χ4n) is 2.41. The Morgan fingerprint density at radius 3 is 2.61 bits per heavy atom. The second-order valence-corrected chi connectivity index (χ2v) is 5.91. The zero-order chi connectivity index (χ0) is 12.8. The maximum atomic E-state index is 8.89. The quantitative estimate of drug-likeness (QED) is 0.834. The molecular formula is C14H21N3S. The molecule has 98 valence electrons. The molecule has 1 saturated heterocycles. The number of aryl methyl sites for hydroxylation is 1. The SMILES string of the molecule is CCCc1nc(N2CCCCCC2)sc1CC#N. The number of nitrogens with zero attached hydrogens (tertiary/aromatic N) is 3. The van der Waals surface area contributed by atoms with Crippen LogP contribution in [0, 0.1) is 11.3 Å². The lowest BCUT2D eigenvalue weighted by Gasteiger charge is -2.18. The van der Waals surface area contributed by atoms with Crippen molar-refractivity contribution in [3.8, 4) is 6.07 Å². The fourth-order valence-corrected chi connectivity index (χ4v) is 3.50. The average molecular weight is 263 g/mol. The van der Waals surface area contributed by atoms with Gasteiger partial charge in [0.15, 0.2) is 5.13 Å². The Labute approximate surface area is 113 Å². The first-order valence-electron chi connectivity index (χ1n) is 6.95. The number of hydrogen-bond acceptors (Lipinski definition) is 4. The molecule has 1 aromatic rings. The van der Waals surface area contributed by atoms with Crippen molar-refractivity contribution in [3.63, 3.8) is 0 Å². The van der Waals surface area contributed by atoms with E-state index in [1.54, 1.807) is 11.3 Å². The Morgan fingerprint density at radius 2 is 2.00 bits per heavy atom. The summed E-state index contributed by atoms with van der Waals surface area (Å²) in [5.41, 5.74) is 1.16. The van der Waals surface area contributed by atoms with Crippen molar-refractivity contribution in [2.24, 2.45) is 0 Å². The number of rotatable bonds is 4.